The van der Waals surface area contributed by atoms with Gasteiger partial charge >= 0.3 is 0 Å². The number of carbonyl (C=O) groups is 2. The summed E-state index contributed by atoms with van der Waals surface area (Å²) in [6.07, 6.45) is 0. The highest BCUT2D eigenvalue weighted by Crippen LogP contribution is 2.23. The fourth-order valence-electron chi connectivity index (χ4n) is 1.22. The number of rotatable bonds is 4. The van der Waals surface area contributed by atoms with E-state index >= 15 is 0 Å². The second-order valence-corrected chi connectivity index (χ2v) is 4.43. The maximum Gasteiger partial charge on any atom is 0.186 e. The first-order valence-electron chi connectivity index (χ1n) is 4.65. The van der Waals surface area contributed by atoms with E-state index in [0.717, 1.165) is 17.3 Å². The molecule has 0 amide bonds. The molecule has 1 aromatic rings. The topological polar surface area (TPSA) is 63.6 Å². The van der Waals surface area contributed by atoms with E-state index in [-0.39, 0.29) is 16.6 Å². The molecule has 0 saturated carbocycles. The van der Waals surface area contributed by atoms with Crippen LogP contribution in [0.25, 0.3) is 0 Å². The predicted molar refractivity (Wildman–Crippen MR) is 63.9 cm³/mol. The Balaban J connectivity index is 2.97. The molecule has 84 valence electrons. The largest absolute Gasteiger partial charge is 0.294 e. The SMILES string of the molecule is CC(=O)SCc1ccc(N=O)c(C(C)=O)c1. The highest BCUT2D eigenvalue weighted by atomic mass is 32.2. The third-order valence-electron chi connectivity index (χ3n) is 1.98. The summed E-state index contributed by atoms with van der Waals surface area (Å²) < 4.78 is 0. The molecule has 1 aromatic carbocycles. The second kappa shape index (κ2) is 5.55. The number of thioether (sulfide) groups is 1. The van der Waals surface area contributed by atoms with Crippen LogP contribution in [0.5, 0.6) is 0 Å². The first-order valence-corrected chi connectivity index (χ1v) is 5.63. The Morgan fingerprint density at radius 2 is 2.00 bits per heavy atom. The summed E-state index contributed by atoms with van der Waals surface area (Å²) in [6, 6.07) is 4.80. The zero-order valence-electron chi connectivity index (χ0n) is 9.02. The van der Waals surface area contributed by atoms with Gasteiger partial charge in [0, 0.05) is 18.2 Å². The van der Waals surface area contributed by atoms with Crippen molar-refractivity contribution in [3.05, 3.63) is 34.2 Å². The lowest BCUT2D eigenvalue weighted by Gasteiger charge is -2.03. The summed E-state index contributed by atoms with van der Waals surface area (Å²) in [6.45, 7) is 2.86. The van der Waals surface area contributed by atoms with Gasteiger partial charge in [-0.2, -0.15) is 0 Å². The molecular weight excluding hydrogens is 226 g/mol. The number of ketones is 1. The number of nitrogens with zero attached hydrogens (tertiary/aromatic N) is 1. The average Bonchev–Trinajstić information content (AvgIpc) is 2.25. The lowest BCUT2D eigenvalue weighted by Crippen LogP contribution is -1.95. The first kappa shape index (κ1) is 12.6. The van der Waals surface area contributed by atoms with Crippen LogP contribution in [-0.2, 0) is 10.5 Å². The number of carbonyl (C=O) groups excluding carboxylic acids is 2. The summed E-state index contributed by atoms with van der Waals surface area (Å²) in [5.74, 6) is 0.290. The van der Waals surface area contributed by atoms with E-state index in [0.29, 0.717) is 11.3 Å². The Bertz CT molecular complexity index is 443. The monoisotopic (exact) mass is 237 g/mol. The molecule has 0 aliphatic rings. The van der Waals surface area contributed by atoms with Gasteiger partial charge in [-0.25, -0.2) is 0 Å². The molecular formula is C11H11NO3S. The summed E-state index contributed by atoms with van der Waals surface area (Å²) in [5.41, 5.74) is 1.28. The molecule has 0 heterocycles. The number of nitroso groups, excluding NO2 is 1. The number of Topliss-reactive ketones (excluding diaryl/α,β-unsaturated/α-hetero) is 1. The molecule has 16 heavy (non-hydrogen) atoms. The van der Waals surface area contributed by atoms with Crippen molar-refractivity contribution < 1.29 is 9.59 Å². The molecule has 1 rings (SSSR count). The fraction of sp³-hybridized carbons (Fsp3) is 0.273. The quantitative estimate of drug-likeness (QED) is 0.596. The van der Waals surface area contributed by atoms with Crippen molar-refractivity contribution in [1.82, 2.24) is 0 Å². The maximum atomic E-state index is 11.2. The van der Waals surface area contributed by atoms with Gasteiger partial charge in [-0.15, -0.1) is 4.91 Å². The standard InChI is InChI=1S/C11H11NO3S/c1-7(13)10-5-9(6-16-8(2)14)3-4-11(10)12-15/h3-5H,6H2,1-2H3. The highest BCUT2D eigenvalue weighted by molar-refractivity contribution is 8.12. The van der Waals surface area contributed by atoms with Crippen LogP contribution in [0.4, 0.5) is 5.69 Å². The molecule has 0 aromatic heterocycles. The minimum Gasteiger partial charge on any atom is -0.294 e. The first-order chi connectivity index (χ1) is 7.54. The molecule has 0 radical (unpaired) electrons. The van der Waals surface area contributed by atoms with E-state index in [1.165, 1.54) is 19.9 Å². The minimum atomic E-state index is -0.204. The molecule has 0 aliphatic carbocycles. The van der Waals surface area contributed by atoms with Gasteiger partial charge in [0.1, 0.15) is 5.69 Å². The molecule has 0 fully saturated rings. The van der Waals surface area contributed by atoms with Crippen molar-refractivity contribution in [2.24, 2.45) is 5.18 Å². The summed E-state index contributed by atoms with van der Waals surface area (Å²) in [4.78, 5) is 32.5. The van der Waals surface area contributed by atoms with Crippen LogP contribution >= 0.6 is 11.8 Å². The molecule has 0 spiro atoms. The van der Waals surface area contributed by atoms with Crippen molar-refractivity contribution >= 4 is 28.3 Å². The molecule has 0 atom stereocenters. The number of hydrogen-bond donors (Lipinski definition) is 0. The number of hydrogen-bond acceptors (Lipinski definition) is 5. The van der Waals surface area contributed by atoms with Crippen molar-refractivity contribution in [3.63, 3.8) is 0 Å². The Morgan fingerprint density at radius 3 is 2.50 bits per heavy atom. The van der Waals surface area contributed by atoms with E-state index in [2.05, 4.69) is 5.18 Å². The van der Waals surface area contributed by atoms with Crippen LogP contribution < -0.4 is 0 Å². The molecule has 0 saturated heterocycles. The van der Waals surface area contributed by atoms with E-state index in [1.807, 2.05) is 0 Å². The van der Waals surface area contributed by atoms with Gasteiger partial charge < -0.3 is 0 Å². The lowest BCUT2D eigenvalue weighted by atomic mass is 10.1. The van der Waals surface area contributed by atoms with Crippen molar-refractivity contribution in [3.8, 4) is 0 Å². The zero-order chi connectivity index (χ0) is 12.1. The minimum absolute atomic E-state index is 0.0157. The zero-order valence-corrected chi connectivity index (χ0v) is 9.84. The van der Waals surface area contributed by atoms with Gasteiger partial charge in [0.05, 0.1) is 0 Å². The van der Waals surface area contributed by atoms with Gasteiger partial charge in [-0.1, -0.05) is 17.8 Å². The third kappa shape index (κ3) is 3.27. The summed E-state index contributed by atoms with van der Waals surface area (Å²) in [7, 11) is 0. The van der Waals surface area contributed by atoms with Gasteiger partial charge in [0.2, 0.25) is 0 Å². The smallest absolute Gasteiger partial charge is 0.186 e. The van der Waals surface area contributed by atoms with Gasteiger partial charge in [-0.05, 0) is 29.8 Å². The molecule has 0 bridgehead atoms. The van der Waals surface area contributed by atoms with Crippen LogP contribution in [0.1, 0.15) is 29.8 Å². The molecule has 4 nitrogen and oxygen atoms in total. The maximum absolute atomic E-state index is 11.2. The molecule has 5 heteroatoms. The van der Waals surface area contributed by atoms with E-state index < -0.39 is 0 Å². The summed E-state index contributed by atoms with van der Waals surface area (Å²) >= 11 is 1.16. The lowest BCUT2D eigenvalue weighted by molar-refractivity contribution is -0.109. The van der Waals surface area contributed by atoms with Crippen LogP contribution in [0.15, 0.2) is 23.4 Å². The van der Waals surface area contributed by atoms with Crippen LogP contribution in [0.2, 0.25) is 0 Å². The Kier molecular flexibility index (Phi) is 4.37. The second-order valence-electron chi connectivity index (χ2n) is 3.28. The molecule has 0 aliphatic heterocycles. The third-order valence-corrected chi connectivity index (χ3v) is 2.86. The van der Waals surface area contributed by atoms with Gasteiger partial charge in [0.15, 0.2) is 10.9 Å². The van der Waals surface area contributed by atoms with Crippen molar-refractivity contribution in [2.75, 3.05) is 0 Å². The Morgan fingerprint density at radius 1 is 1.31 bits per heavy atom. The Labute approximate surface area is 97.4 Å². The van der Waals surface area contributed by atoms with Crippen molar-refractivity contribution in [2.45, 2.75) is 19.6 Å². The Hall–Kier alpha value is -1.49. The average molecular weight is 237 g/mol. The van der Waals surface area contributed by atoms with Crippen LogP contribution in [-0.4, -0.2) is 10.9 Å². The highest BCUT2D eigenvalue weighted by Gasteiger charge is 2.09. The fourth-order valence-corrected chi connectivity index (χ4v) is 1.77. The van der Waals surface area contributed by atoms with E-state index in [4.69, 9.17) is 0 Å². The van der Waals surface area contributed by atoms with Crippen LogP contribution in [0.3, 0.4) is 0 Å². The summed E-state index contributed by atoms with van der Waals surface area (Å²) in [5, 5.41) is 2.80. The van der Waals surface area contributed by atoms with Crippen LogP contribution in [0, 0.1) is 4.91 Å². The normalized spacial score (nSPS) is 9.88. The van der Waals surface area contributed by atoms with Crippen molar-refractivity contribution in [1.29, 1.82) is 0 Å². The number of benzene rings is 1. The van der Waals surface area contributed by atoms with E-state index in [1.54, 1.807) is 12.1 Å². The molecule has 0 N–H and O–H groups in total. The molecule has 0 unspecified atom stereocenters. The van der Waals surface area contributed by atoms with Gasteiger partial charge in [-0.3, -0.25) is 9.59 Å². The van der Waals surface area contributed by atoms with E-state index in [9.17, 15) is 14.5 Å². The van der Waals surface area contributed by atoms with Gasteiger partial charge in [0.25, 0.3) is 0 Å². The predicted octanol–water partition coefficient (Wildman–Crippen LogP) is 3.07.